The summed E-state index contributed by atoms with van der Waals surface area (Å²) >= 11 is 0. The molecule has 0 aliphatic carbocycles. The first-order valence-electron chi connectivity index (χ1n) is 11.1. The third-order valence-corrected chi connectivity index (χ3v) is 6.58. The lowest BCUT2D eigenvalue weighted by Crippen LogP contribution is -2.42. The Hall–Kier alpha value is -2.69. The second-order valence-corrected chi connectivity index (χ2v) is 8.63. The Morgan fingerprint density at radius 2 is 1.97 bits per heavy atom. The molecule has 0 radical (unpaired) electrons. The van der Waals surface area contributed by atoms with Crippen LogP contribution in [0.4, 0.5) is 19.0 Å². The minimum absolute atomic E-state index is 0.142. The number of halogens is 3. The van der Waals surface area contributed by atoms with Gasteiger partial charge in [0.15, 0.2) is 0 Å². The van der Waals surface area contributed by atoms with Crippen molar-refractivity contribution in [2.24, 2.45) is 5.92 Å². The lowest BCUT2D eigenvalue weighted by atomic mass is 9.95. The van der Waals surface area contributed by atoms with Gasteiger partial charge in [-0.05, 0) is 36.7 Å². The maximum atomic E-state index is 13.0. The van der Waals surface area contributed by atoms with Crippen LogP contribution in [0.3, 0.4) is 0 Å². The van der Waals surface area contributed by atoms with Crippen molar-refractivity contribution in [3.8, 4) is 0 Å². The number of fused-ring (bicyclic) bond motifs is 1. The van der Waals surface area contributed by atoms with Crippen molar-refractivity contribution >= 4 is 16.9 Å². The van der Waals surface area contributed by atoms with Crippen LogP contribution in [0.2, 0.25) is 0 Å². The van der Waals surface area contributed by atoms with Gasteiger partial charge in [0.05, 0.1) is 36.3 Å². The minimum atomic E-state index is -4.37. The number of piperidine rings is 1. The lowest BCUT2D eigenvalue weighted by Gasteiger charge is -2.37. The molecule has 0 amide bonds. The van der Waals surface area contributed by atoms with E-state index in [1.165, 1.54) is 18.5 Å². The molecule has 33 heavy (non-hydrogen) atoms. The van der Waals surface area contributed by atoms with Gasteiger partial charge in [-0.2, -0.15) is 13.2 Å². The van der Waals surface area contributed by atoms with E-state index in [4.69, 9.17) is 4.74 Å². The van der Waals surface area contributed by atoms with Crippen LogP contribution in [0.15, 0.2) is 42.9 Å². The molecule has 3 atom stereocenters. The highest BCUT2D eigenvalue weighted by atomic mass is 19.4. The summed E-state index contributed by atoms with van der Waals surface area (Å²) in [6.45, 7) is 3.56. The first-order chi connectivity index (χ1) is 15.9. The van der Waals surface area contributed by atoms with Gasteiger partial charge in [-0.3, -0.25) is 0 Å². The van der Waals surface area contributed by atoms with E-state index in [1.807, 2.05) is 16.8 Å². The standard InChI is InChI=1S/C23H26F3N5O2/c24-23(25,26)17-3-1-15(2-4-17)19-13-33-10-9-31(19)22-18-6-8-30(21(18)28-14-29-22)12-16-5-7-27-11-20(16)32/h1-4,6,8,14,16,19-20,27,32H,5,7,9-13H2/t16-,19+,20+/m0/s1. The molecule has 2 saturated heterocycles. The molecule has 0 saturated carbocycles. The molecule has 7 nitrogen and oxygen atoms in total. The van der Waals surface area contributed by atoms with Crippen LogP contribution in [-0.2, 0) is 17.5 Å². The van der Waals surface area contributed by atoms with E-state index in [0.717, 1.165) is 47.5 Å². The predicted octanol–water partition coefficient (Wildman–Crippen LogP) is 3.00. The summed E-state index contributed by atoms with van der Waals surface area (Å²) in [6.07, 6.45) is -0.401. The summed E-state index contributed by atoms with van der Waals surface area (Å²) in [5.41, 5.74) is 0.853. The normalized spacial score (nSPS) is 24.4. The maximum Gasteiger partial charge on any atom is 0.416 e. The molecule has 2 aromatic heterocycles. The first-order valence-corrected chi connectivity index (χ1v) is 11.1. The molecular formula is C23H26F3N5O2. The number of aliphatic hydroxyl groups is 1. The Morgan fingerprint density at radius 3 is 2.73 bits per heavy atom. The molecule has 2 aliphatic rings. The number of alkyl halides is 3. The number of ether oxygens (including phenoxy) is 1. The number of benzene rings is 1. The molecule has 4 heterocycles. The molecule has 3 aromatic rings. The summed E-state index contributed by atoms with van der Waals surface area (Å²) in [6, 6.07) is 6.96. The first kappa shape index (κ1) is 22.1. The Kier molecular flexibility index (Phi) is 5.98. The van der Waals surface area contributed by atoms with Gasteiger partial charge in [-0.1, -0.05) is 12.1 Å². The molecule has 2 fully saturated rings. The van der Waals surface area contributed by atoms with Gasteiger partial charge in [-0.15, -0.1) is 0 Å². The van der Waals surface area contributed by atoms with E-state index in [-0.39, 0.29) is 12.0 Å². The SMILES string of the molecule is O[C@@H]1CNCC[C@H]1Cn1ccc2c(N3CCOC[C@@H]3c3ccc(C(F)(F)F)cc3)ncnc21. The summed E-state index contributed by atoms with van der Waals surface area (Å²) in [7, 11) is 0. The molecule has 10 heteroatoms. The van der Waals surface area contributed by atoms with E-state index < -0.39 is 17.8 Å². The zero-order chi connectivity index (χ0) is 23.0. The number of nitrogens with one attached hydrogen (secondary N) is 1. The molecule has 5 rings (SSSR count). The van der Waals surface area contributed by atoms with E-state index in [9.17, 15) is 18.3 Å². The van der Waals surface area contributed by atoms with Gasteiger partial charge in [0, 0.05) is 31.7 Å². The van der Waals surface area contributed by atoms with Crippen LogP contribution in [0.1, 0.15) is 23.6 Å². The second kappa shape index (κ2) is 8.92. The zero-order valence-corrected chi connectivity index (χ0v) is 18.0. The van der Waals surface area contributed by atoms with Crippen molar-refractivity contribution in [3.05, 3.63) is 54.0 Å². The fourth-order valence-electron chi connectivity index (χ4n) is 4.76. The molecule has 0 spiro atoms. The Morgan fingerprint density at radius 1 is 1.15 bits per heavy atom. The maximum absolute atomic E-state index is 13.0. The number of rotatable bonds is 4. The topological polar surface area (TPSA) is 75.4 Å². The monoisotopic (exact) mass is 461 g/mol. The summed E-state index contributed by atoms with van der Waals surface area (Å²) < 4.78 is 46.7. The highest BCUT2D eigenvalue weighted by Gasteiger charge is 2.32. The summed E-state index contributed by atoms with van der Waals surface area (Å²) in [4.78, 5) is 11.1. The number of aromatic nitrogens is 3. The fraction of sp³-hybridized carbons (Fsp3) is 0.478. The molecule has 0 unspecified atom stereocenters. The van der Waals surface area contributed by atoms with Gasteiger partial charge >= 0.3 is 6.18 Å². The van der Waals surface area contributed by atoms with Crippen LogP contribution >= 0.6 is 0 Å². The third kappa shape index (κ3) is 4.42. The average Bonchev–Trinajstić information content (AvgIpc) is 3.23. The van der Waals surface area contributed by atoms with Gasteiger partial charge in [-0.25, -0.2) is 9.97 Å². The quantitative estimate of drug-likeness (QED) is 0.622. The van der Waals surface area contributed by atoms with Crippen LogP contribution in [0.5, 0.6) is 0 Å². The third-order valence-electron chi connectivity index (χ3n) is 6.58. The van der Waals surface area contributed by atoms with Crippen molar-refractivity contribution < 1.29 is 23.0 Å². The fourth-order valence-corrected chi connectivity index (χ4v) is 4.76. The number of β-amino-alcohol motifs (C(OH)–C–C–N with tert-alkyl or cyclic N) is 1. The molecule has 2 N–H and O–H groups in total. The number of aliphatic hydroxyl groups excluding tert-OH is 1. The van der Waals surface area contributed by atoms with Gasteiger partial charge in [0.2, 0.25) is 0 Å². The minimum Gasteiger partial charge on any atom is -0.391 e. The summed E-state index contributed by atoms with van der Waals surface area (Å²) in [5, 5.41) is 14.4. The Balaban J connectivity index is 1.45. The highest BCUT2D eigenvalue weighted by Crippen LogP contribution is 2.35. The summed E-state index contributed by atoms with van der Waals surface area (Å²) in [5.74, 6) is 0.876. The van der Waals surface area contributed by atoms with Crippen LogP contribution in [0.25, 0.3) is 11.0 Å². The number of anilines is 1. The lowest BCUT2D eigenvalue weighted by molar-refractivity contribution is -0.137. The van der Waals surface area contributed by atoms with E-state index in [2.05, 4.69) is 20.2 Å². The Bertz CT molecular complexity index is 1100. The van der Waals surface area contributed by atoms with Crippen molar-refractivity contribution in [3.63, 3.8) is 0 Å². The van der Waals surface area contributed by atoms with E-state index >= 15 is 0 Å². The van der Waals surface area contributed by atoms with Crippen molar-refractivity contribution in [1.82, 2.24) is 19.9 Å². The molecular weight excluding hydrogens is 435 g/mol. The van der Waals surface area contributed by atoms with E-state index in [1.54, 1.807) is 0 Å². The zero-order valence-electron chi connectivity index (χ0n) is 18.0. The number of hydrogen-bond donors (Lipinski definition) is 2. The smallest absolute Gasteiger partial charge is 0.391 e. The van der Waals surface area contributed by atoms with Gasteiger partial charge in [0.1, 0.15) is 17.8 Å². The predicted molar refractivity (Wildman–Crippen MR) is 117 cm³/mol. The van der Waals surface area contributed by atoms with Crippen LogP contribution in [0, 0.1) is 5.92 Å². The number of hydrogen-bond acceptors (Lipinski definition) is 6. The number of morpholine rings is 1. The van der Waals surface area contributed by atoms with Crippen molar-refractivity contribution in [1.29, 1.82) is 0 Å². The largest absolute Gasteiger partial charge is 0.416 e. The molecule has 176 valence electrons. The van der Waals surface area contributed by atoms with Crippen LogP contribution < -0.4 is 10.2 Å². The van der Waals surface area contributed by atoms with Gasteiger partial charge in [0.25, 0.3) is 0 Å². The Labute approximate surface area is 189 Å². The molecule has 0 bridgehead atoms. The molecule has 1 aromatic carbocycles. The second-order valence-electron chi connectivity index (χ2n) is 8.63. The van der Waals surface area contributed by atoms with Crippen molar-refractivity contribution in [2.45, 2.75) is 31.3 Å². The van der Waals surface area contributed by atoms with Gasteiger partial charge < -0.3 is 24.6 Å². The van der Waals surface area contributed by atoms with Crippen LogP contribution in [-0.4, -0.2) is 58.6 Å². The van der Waals surface area contributed by atoms with Crippen molar-refractivity contribution in [2.75, 3.05) is 37.7 Å². The highest BCUT2D eigenvalue weighted by molar-refractivity contribution is 5.88. The average molecular weight is 461 g/mol. The molecule has 2 aliphatic heterocycles. The van der Waals surface area contributed by atoms with E-state index in [0.29, 0.717) is 32.8 Å². The number of nitrogens with zero attached hydrogens (tertiary/aromatic N) is 4.